The van der Waals surface area contributed by atoms with Crippen molar-refractivity contribution < 1.29 is 0 Å². The van der Waals surface area contributed by atoms with Gasteiger partial charge in [-0.05, 0) is 0 Å². The molecule has 1 nitrogen and oxygen atoms in total. The number of benzene rings is 8. The van der Waals surface area contributed by atoms with Crippen LogP contribution < -0.4 is 4.90 Å². The van der Waals surface area contributed by atoms with E-state index in [1.54, 1.807) is 0 Å². The van der Waals surface area contributed by atoms with Gasteiger partial charge in [0.05, 0.1) is 0 Å². The van der Waals surface area contributed by atoms with E-state index >= 15 is 0 Å². The minimum absolute atomic E-state index is 0.0692. The van der Waals surface area contributed by atoms with E-state index in [4.69, 9.17) is 0 Å². The molecule has 0 bridgehead atoms. The fraction of sp³-hybridized carbons (Fsp3) is 0.0667. The van der Waals surface area contributed by atoms with Crippen LogP contribution in [0.5, 0.6) is 0 Å². The van der Waals surface area contributed by atoms with Gasteiger partial charge in [0, 0.05) is 0 Å². The van der Waals surface area contributed by atoms with Gasteiger partial charge in [0.25, 0.3) is 0 Å². The zero-order valence-electron chi connectivity index (χ0n) is 26.3. The van der Waals surface area contributed by atoms with Crippen molar-refractivity contribution in [3.63, 3.8) is 0 Å². The molecule has 0 spiro atoms. The van der Waals surface area contributed by atoms with E-state index in [1.165, 1.54) is 90.9 Å². The first-order chi connectivity index (χ1) is 23.1. The third-order valence-corrected chi connectivity index (χ3v) is 12.9. The van der Waals surface area contributed by atoms with Crippen LogP contribution in [0.4, 0.5) is 17.1 Å². The van der Waals surface area contributed by atoms with Crippen LogP contribution in [-0.2, 0) is 5.41 Å². The zero-order chi connectivity index (χ0) is 31.3. The minimum atomic E-state index is -0.0692. The van der Waals surface area contributed by atoms with Crippen molar-refractivity contribution in [3.8, 4) is 11.1 Å². The van der Waals surface area contributed by atoms with Gasteiger partial charge in [-0.25, -0.2) is 0 Å². The summed E-state index contributed by atoms with van der Waals surface area (Å²) in [5.74, 6) is 0. The fourth-order valence-electron chi connectivity index (χ4n) is 8.11. The molecule has 1 aliphatic rings. The summed E-state index contributed by atoms with van der Waals surface area (Å²) in [5.41, 5.74) is 8.97. The molecule has 1 heterocycles. The second-order valence-corrected chi connectivity index (χ2v) is 15.6. The molecule has 0 radical (unpaired) electrons. The molecule has 2 heteroatoms. The van der Waals surface area contributed by atoms with Crippen molar-refractivity contribution in [2.45, 2.75) is 19.3 Å². The van der Waals surface area contributed by atoms with Gasteiger partial charge in [0.1, 0.15) is 0 Å². The Balaban J connectivity index is 1.26. The Hall–Kier alpha value is -5.14. The summed E-state index contributed by atoms with van der Waals surface area (Å²) in [6, 6.07) is 56.8. The Kier molecular flexibility index (Phi) is 5.71. The van der Waals surface area contributed by atoms with Crippen LogP contribution in [-0.4, -0.2) is 14.5 Å². The number of fused-ring (bicyclic) bond motifs is 11. The Morgan fingerprint density at radius 1 is 0.489 bits per heavy atom. The summed E-state index contributed by atoms with van der Waals surface area (Å²) in [4.78, 5) is 2.51. The molecule has 0 aliphatic heterocycles. The molecule has 1 aromatic heterocycles. The zero-order valence-corrected chi connectivity index (χ0v) is 28.0. The Labute approximate surface area is 280 Å². The number of rotatable bonds is 3. The molecular formula is C45H31NSe. The van der Waals surface area contributed by atoms with Crippen LogP contribution in [0.1, 0.15) is 25.0 Å². The number of anilines is 3. The van der Waals surface area contributed by atoms with Crippen LogP contribution in [0.2, 0.25) is 0 Å². The number of hydrogen-bond acceptors (Lipinski definition) is 1. The first-order valence-corrected chi connectivity index (χ1v) is 18.1. The normalized spacial score (nSPS) is 13.5. The van der Waals surface area contributed by atoms with Gasteiger partial charge >= 0.3 is 281 Å². The second kappa shape index (κ2) is 9.93. The molecule has 1 aliphatic carbocycles. The standard InChI is InChI=1S/C45H31NSe/c1-45(2)38-15-8-7-14-36(38)43-39(45)16-9-17-40(43)46(32-22-20-28-10-3-4-12-31(28)26-32)33-23-25-41-37(27-33)35-24-21-30-19-18-29-11-5-6-13-34(29)42(30)44(35)47-41/h3-27H,1-2H3. The van der Waals surface area contributed by atoms with Gasteiger partial charge in [0.2, 0.25) is 0 Å². The SMILES string of the molecule is CC1(C)c2ccccc2-c2c(N(c3ccc4ccccc4c3)c3ccc4[se]c5c(ccc6ccc7ccccc7c65)c4c3)cccc21. The molecular weight excluding hydrogens is 633 g/mol. The molecule has 222 valence electrons. The first-order valence-electron chi connectivity index (χ1n) is 16.4. The summed E-state index contributed by atoms with van der Waals surface area (Å²) in [6.45, 7) is 4.73. The molecule has 0 saturated carbocycles. The van der Waals surface area contributed by atoms with Crippen LogP contribution in [0, 0.1) is 0 Å². The second-order valence-electron chi connectivity index (χ2n) is 13.3. The summed E-state index contributed by atoms with van der Waals surface area (Å²) in [6.07, 6.45) is 0. The number of nitrogens with zero attached hydrogens (tertiary/aromatic N) is 1. The molecule has 10 rings (SSSR count). The first kappa shape index (κ1) is 27.0. The molecule has 8 aromatic carbocycles. The van der Waals surface area contributed by atoms with E-state index in [0.29, 0.717) is 0 Å². The van der Waals surface area contributed by atoms with Crippen molar-refractivity contribution in [1.29, 1.82) is 0 Å². The quantitative estimate of drug-likeness (QED) is 0.134. The molecule has 0 unspecified atom stereocenters. The molecule has 0 N–H and O–H groups in total. The van der Waals surface area contributed by atoms with Gasteiger partial charge in [-0.3, -0.25) is 0 Å². The van der Waals surface area contributed by atoms with Crippen LogP contribution in [0.15, 0.2) is 152 Å². The third-order valence-electron chi connectivity index (χ3n) is 10.4. The summed E-state index contributed by atoms with van der Waals surface area (Å²) < 4.78 is 2.97. The van der Waals surface area contributed by atoms with Crippen LogP contribution in [0.25, 0.3) is 62.7 Å². The topological polar surface area (TPSA) is 3.24 Å². The van der Waals surface area contributed by atoms with Gasteiger partial charge in [-0.15, -0.1) is 0 Å². The predicted octanol–water partition coefficient (Wildman–Crippen LogP) is 12.3. The molecule has 9 aromatic rings. The van der Waals surface area contributed by atoms with Gasteiger partial charge in [0.15, 0.2) is 0 Å². The van der Waals surface area contributed by atoms with Gasteiger partial charge in [-0.1, -0.05) is 0 Å². The van der Waals surface area contributed by atoms with E-state index in [1.807, 2.05) is 0 Å². The molecule has 0 fully saturated rings. The third kappa shape index (κ3) is 3.90. The van der Waals surface area contributed by atoms with Crippen molar-refractivity contribution in [3.05, 3.63) is 163 Å². The van der Waals surface area contributed by atoms with Crippen LogP contribution in [0.3, 0.4) is 0 Å². The maximum atomic E-state index is 2.51. The summed E-state index contributed by atoms with van der Waals surface area (Å²) in [7, 11) is 0. The van der Waals surface area contributed by atoms with Crippen molar-refractivity contribution >= 4 is 83.2 Å². The summed E-state index contributed by atoms with van der Waals surface area (Å²) >= 11 is 0.234. The predicted molar refractivity (Wildman–Crippen MR) is 203 cm³/mol. The van der Waals surface area contributed by atoms with E-state index in [0.717, 1.165) is 0 Å². The molecule has 47 heavy (non-hydrogen) atoms. The van der Waals surface area contributed by atoms with Crippen molar-refractivity contribution in [2.75, 3.05) is 4.90 Å². The molecule has 0 atom stereocenters. The fourth-order valence-corrected chi connectivity index (χ4v) is 10.7. The van der Waals surface area contributed by atoms with Gasteiger partial charge in [-0.2, -0.15) is 0 Å². The average Bonchev–Trinajstić information content (AvgIpc) is 3.60. The van der Waals surface area contributed by atoms with E-state index < -0.39 is 0 Å². The van der Waals surface area contributed by atoms with Crippen LogP contribution >= 0.6 is 0 Å². The van der Waals surface area contributed by atoms with E-state index in [2.05, 4.69) is 170 Å². The molecule has 0 saturated heterocycles. The maximum absolute atomic E-state index is 2.51. The average molecular weight is 665 g/mol. The van der Waals surface area contributed by atoms with Crippen molar-refractivity contribution in [2.24, 2.45) is 0 Å². The van der Waals surface area contributed by atoms with E-state index in [9.17, 15) is 0 Å². The van der Waals surface area contributed by atoms with E-state index in [-0.39, 0.29) is 19.9 Å². The summed E-state index contributed by atoms with van der Waals surface area (Å²) in [5, 5.41) is 10.7. The Morgan fingerprint density at radius 2 is 1.17 bits per heavy atom. The van der Waals surface area contributed by atoms with Gasteiger partial charge < -0.3 is 0 Å². The Morgan fingerprint density at radius 3 is 2.09 bits per heavy atom. The van der Waals surface area contributed by atoms with Crippen molar-refractivity contribution in [1.82, 2.24) is 0 Å². The monoisotopic (exact) mass is 665 g/mol. The number of hydrogen-bond donors (Lipinski definition) is 0. The molecule has 0 amide bonds. The Bertz CT molecular complexity index is 2730.